The average Bonchev–Trinajstić information content (AvgIpc) is 2.66. The Morgan fingerprint density at radius 3 is 2.87 bits per heavy atom. The van der Waals surface area contributed by atoms with Crippen molar-refractivity contribution in [3.05, 3.63) is 46.7 Å². The molecule has 1 atom stereocenters. The Kier molecular flexibility index (Phi) is 2.88. The van der Waals surface area contributed by atoms with E-state index in [0.29, 0.717) is 0 Å². The van der Waals surface area contributed by atoms with E-state index in [9.17, 15) is 0 Å². The second-order valence-corrected chi connectivity index (χ2v) is 4.40. The molecule has 1 heterocycles. The highest BCUT2D eigenvalue weighted by atomic mass is 79.9. The van der Waals surface area contributed by atoms with Crippen LogP contribution < -0.4 is 5.73 Å². The van der Waals surface area contributed by atoms with Gasteiger partial charge in [-0.25, -0.2) is 4.68 Å². The molecule has 0 aliphatic heterocycles. The third-order valence-electron chi connectivity index (χ3n) is 2.20. The Labute approximate surface area is 97.0 Å². The van der Waals surface area contributed by atoms with Crippen LogP contribution in [0.15, 0.2) is 41.1 Å². The molecule has 4 heteroatoms. The molecule has 2 aromatic rings. The van der Waals surface area contributed by atoms with E-state index in [0.717, 1.165) is 15.7 Å². The summed E-state index contributed by atoms with van der Waals surface area (Å²) in [6.07, 6.45) is 3.75. The van der Waals surface area contributed by atoms with Gasteiger partial charge in [0.2, 0.25) is 0 Å². The van der Waals surface area contributed by atoms with Crippen LogP contribution in [0.5, 0.6) is 0 Å². The maximum Gasteiger partial charge on any atom is 0.0656 e. The molecule has 0 saturated carbocycles. The van der Waals surface area contributed by atoms with E-state index in [1.165, 1.54) is 0 Å². The minimum atomic E-state index is 0.0194. The predicted octanol–water partition coefficient (Wildman–Crippen LogP) is 2.65. The van der Waals surface area contributed by atoms with E-state index in [4.69, 9.17) is 5.73 Å². The van der Waals surface area contributed by atoms with E-state index in [2.05, 4.69) is 21.0 Å². The fraction of sp³-hybridized carbons (Fsp3) is 0.182. The lowest BCUT2D eigenvalue weighted by Crippen LogP contribution is -2.03. The highest BCUT2D eigenvalue weighted by Gasteiger charge is 2.04. The number of rotatable bonds is 2. The zero-order valence-corrected chi connectivity index (χ0v) is 9.98. The molecule has 0 spiro atoms. The van der Waals surface area contributed by atoms with Gasteiger partial charge < -0.3 is 5.73 Å². The van der Waals surface area contributed by atoms with Crippen molar-refractivity contribution in [3.63, 3.8) is 0 Å². The first-order valence-corrected chi connectivity index (χ1v) is 5.52. The van der Waals surface area contributed by atoms with Gasteiger partial charge in [0.25, 0.3) is 0 Å². The molecule has 0 saturated heterocycles. The van der Waals surface area contributed by atoms with Crippen molar-refractivity contribution < 1.29 is 0 Å². The molecular weight excluding hydrogens is 254 g/mol. The zero-order chi connectivity index (χ0) is 10.8. The molecule has 3 nitrogen and oxygen atoms in total. The third kappa shape index (κ3) is 2.27. The van der Waals surface area contributed by atoms with Gasteiger partial charge in [0, 0.05) is 22.3 Å². The fourth-order valence-electron chi connectivity index (χ4n) is 1.33. The van der Waals surface area contributed by atoms with Crippen molar-refractivity contribution >= 4 is 15.9 Å². The summed E-state index contributed by atoms with van der Waals surface area (Å²) >= 11 is 3.43. The Bertz CT molecular complexity index is 462. The van der Waals surface area contributed by atoms with Crippen molar-refractivity contribution in [1.29, 1.82) is 0 Å². The summed E-state index contributed by atoms with van der Waals surface area (Å²) in [5.74, 6) is 0. The monoisotopic (exact) mass is 265 g/mol. The number of benzene rings is 1. The molecule has 0 aliphatic rings. The van der Waals surface area contributed by atoms with Gasteiger partial charge in [-0.2, -0.15) is 5.10 Å². The number of hydrogen-bond donors (Lipinski definition) is 1. The van der Waals surface area contributed by atoms with E-state index in [1.807, 2.05) is 42.1 Å². The van der Waals surface area contributed by atoms with Crippen LogP contribution in [0.3, 0.4) is 0 Å². The molecule has 1 aromatic carbocycles. The number of nitrogens with zero attached hydrogens (tertiary/aromatic N) is 2. The molecule has 0 radical (unpaired) electrons. The molecule has 0 fully saturated rings. The minimum Gasteiger partial charge on any atom is -0.324 e. The summed E-state index contributed by atoms with van der Waals surface area (Å²) in [4.78, 5) is 0. The number of halogens is 1. The summed E-state index contributed by atoms with van der Waals surface area (Å²) in [7, 11) is 0. The Balaban J connectivity index is 2.37. The van der Waals surface area contributed by atoms with Gasteiger partial charge in [-0.3, -0.25) is 0 Å². The van der Waals surface area contributed by atoms with Crippen LogP contribution in [0.25, 0.3) is 5.69 Å². The van der Waals surface area contributed by atoms with E-state index in [1.54, 1.807) is 6.20 Å². The van der Waals surface area contributed by atoms with Crippen LogP contribution in [0.4, 0.5) is 0 Å². The smallest absolute Gasteiger partial charge is 0.0656 e. The van der Waals surface area contributed by atoms with Crippen LogP contribution >= 0.6 is 15.9 Å². The first kappa shape index (κ1) is 10.4. The summed E-state index contributed by atoms with van der Waals surface area (Å²) in [6.45, 7) is 1.95. The van der Waals surface area contributed by atoms with Gasteiger partial charge in [-0.15, -0.1) is 0 Å². The largest absolute Gasteiger partial charge is 0.324 e. The highest BCUT2D eigenvalue weighted by Crippen LogP contribution is 2.16. The maximum absolute atomic E-state index is 5.77. The standard InChI is InChI=1S/C11H12BrN3/c1-8(13)9-6-14-15(7-9)11-4-2-3-10(12)5-11/h2-8H,13H2,1H3. The SMILES string of the molecule is CC(N)c1cnn(-c2cccc(Br)c2)c1. The van der Waals surface area contributed by atoms with E-state index >= 15 is 0 Å². The average molecular weight is 266 g/mol. The molecule has 2 N–H and O–H groups in total. The molecule has 1 unspecified atom stereocenters. The molecule has 2 rings (SSSR count). The van der Waals surface area contributed by atoms with Gasteiger partial charge >= 0.3 is 0 Å². The minimum absolute atomic E-state index is 0.0194. The fourth-order valence-corrected chi connectivity index (χ4v) is 1.72. The highest BCUT2D eigenvalue weighted by molar-refractivity contribution is 9.10. The first-order chi connectivity index (χ1) is 7.16. The Morgan fingerprint density at radius 2 is 2.27 bits per heavy atom. The molecular formula is C11H12BrN3. The summed E-state index contributed by atoms with van der Waals surface area (Å²) in [5, 5.41) is 4.26. The normalized spacial score (nSPS) is 12.7. The van der Waals surface area contributed by atoms with Crippen molar-refractivity contribution in [2.75, 3.05) is 0 Å². The molecule has 15 heavy (non-hydrogen) atoms. The lowest BCUT2D eigenvalue weighted by molar-refractivity contribution is 0.816. The van der Waals surface area contributed by atoms with Gasteiger partial charge in [-0.05, 0) is 25.1 Å². The summed E-state index contributed by atoms with van der Waals surface area (Å²) < 4.78 is 2.86. The predicted molar refractivity (Wildman–Crippen MR) is 63.9 cm³/mol. The molecule has 0 amide bonds. The third-order valence-corrected chi connectivity index (χ3v) is 2.69. The number of aromatic nitrogens is 2. The summed E-state index contributed by atoms with van der Waals surface area (Å²) in [5.41, 5.74) is 7.83. The van der Waals surface area contributed by atoms with Crippen LogP contribution in [-0.2, 0) is 0 Å². The van der Waals surface area contributed by atoms with Crippen molar-refractivity contribution in [2.45, 2.75) is 13.0 Å². The zero-order valence-electron chi connectivity index (χ0n) is 8.39. The topological polar surface area (TPSA) is 43.8 Å². The second-order valence-electron chi connectivity index (χ2n) is 3.49. The molecule has 0 aliphatic carbocycles. The van der Waals surface area contributed by atoms with Crippen molar-refractivity contribution in [3.8, 4) is 5.69 Å². The lowest BCUT2D eigenvalue weighted by atomic mass is 10.2. The summed E-state index contributed by atoms with van der Waals surface area (Å²) in [6, 6.07) is 8.00. The van der Waals surface area contributed by atoms with E-state index < -0.39 is 0 Å². The van der Waals surface area contributed by atoms with Gasteiger partial charge in [-0.1, -0.05) is 22.0 Å². The van der Waals surface area contributed by atoms with Crippen molar-refractivity contribution in [1.82, 2.24) is 9.78 Å². The van der Waals surface area contributed by atoms with Crippen LogP contribution in [0.1, 0.15) is 18.5 Å². The van der Waals surface area contributed by atoms with Crippen LogP contribution in [0.2, 0.25) is 0 Å². The first-order valence-electron chi connectivity index (χ1n) is 4.73. The Hall–Kier alpha value is -1.13. The maximum atomic E-state index is 5.77. The lowest BCUT2D eigenvalue weighted by Gasteiger charge is -2.01. The quantitative estimate of drug-likeness (QED) is 0.908. The van der Waals surface area contributed by atoms with Crippen molar-refractivity contribution in [2.24, 2.45) is 5.73 Å². The second kappa shape index (κ2) is 4.16. The van der Waals surface area contributed by atoms with Crippen LogP contribution in [0, 0.1) is 0 Å². The van der Waals surface area contributed by atoms with Gasteiger partial charge in [0.15, 0.2) is 0 Å². The molecule has 0 bridgehead atoms. The number of hydrogen-bond acceptors (Lipinski definition) is 2. The number of nitrogens with two attached hydrogens (primary N) is 1. The van der Waals surface area contributed by atoms with Gasteiger partial charge in [0.05, 0.1) is 11.9 Å². The molecule has 78 valence electrons. The molecule has 1 aromatic heterocycles. The van der Waals surface area contributed by atoms with Crippen LogP contribution in [-0.4, -0.2) is 9.78 Å². The van der Waals surface area contributed by atoms with Gasteiger partial charge in [0.1, 0.15) is 0 Å². The van der Waals surface area contributed by atoms with E-state index in [-0.39, 0.29) is 6.04 Å². The Morgan fingerprint density at radius 1 is 1.47 bits per heavy atom.